The Labute approximate surface area is 346 Å². The van der Waals surface area contributed by atoms with Crippen molar-refractivity contribution in [1.82, 2.24) is 9.62 Å². The number of β-amino-alcohol motifs (C(OH)–C–C–N with tert-alkyl or cyclic N) is 1. The Morgan fingerprint density at radius 1 is 0.881 bits per heavy atom. The number of hydrogen-bond acceptors (Lipinski definition) is 12. The maximum absolute atomic E-state index is 14.6. The fourth-order valence-corrected chi connectivity index (χ4v) is 9.97. The average Bonchev–Trinajstić information content (AvgIpc) is 3.87. The van der Waals surface area contributed by atoms with Crippen molar-refractivity contribution in [2.75, 3.05) is 39.8 Å². The molecule has 1 amide bonds. The van der Waals surface area contributed by atoms with Crippen LogP contribution in [0, 0.1) is 5.92 Å². The molecular formula is C43H53N2O12PS. The first kappa shape index (κ1) is 44.4. The van der Waals surface area contributed by atoms with Gasteiger partial charge in [0.05, 0.1) is 68.6 Å². The summed E-state index contributed by atoms with van der Waals surface area (Å²) >= 11 is 0. The lowest BCUT2D eigenvalue weighted by Crippen LogP contribution is -2.57. The molecule has 2 aliphatic heterocycles. The van der Waals surface area contributed by atoms with Gasteiger partial charge in [-0.05, 0) is 67.6 Å². The molecule has 1 unspecified atom stereocenters. The number of methoxy groups -OCH3 is 1. The highest BCUT2D eigenvalue weighted by atomic mass is 32.2. The fourth-order valence-electron chi connectivity index (χ4n) is 6.95. The first-order valence-corrected chi connectivity index (χ1v) is 22.6. The van der Waals surface area contributed by atoms with Crippen molar-refractivity contribution in [3.05, 3.63) is 132 Å². The zero-order valence-electron chi connectivity index (χ0n) is 33.5. The number of sulfonamides is 1. The Hall–Kier alpha value is -4.15. The summed E-state index contributed by atoms with van der Waals surface area (Å²) in [5, 5.41) is 14.8. The number of ether oxygens (including phenoxy) is 5. The van der Waals surface area contributed by atoms with Gasteiger partial charge in [-0.2, -0.15) is 4.31 Å². The molecule has 4 aromatic carbocycles. The Balaban J connectivity index is 1.22. The van der Waals surface area contributed by atoms with Crippen LogP contribution in [0.25, 0.3) is 0 Å². The SMILES string of the molecule is COc1ccc(S(=O)(=O)N(C[C@@H](O)[C@H](Cc2ccccc2)NC(=O)OC2CO[C@H]3OCC[C@@H]23)C(C)(C)COCP(=O)(OCc2ccccc2)OCc2ccccc2)cc1. The molecule has 0 saturated carbocycles. The lowest BCUT2D eigenvalue weighted by atomic mass is 9.99. The molecule has 2 fully saturated rings. The molecular weight excluding hydrogens is 800 g/mol. The first-order valence-electron chi connectivity index (χ1n) is 19.5. The Kier molecular flexibility index (Phi) is 15.4. The summed E-state index contributed by atoms with van der Waals surface area (Å²) < 4.78 is 84.6. The fraction of sp³-hybridized carbons (Fsp3) is 0.419. The van der Waals surface area contributed by atoms with E-state index in [0.717, 1.165) is 21.0 Å². The van der Waals surface area contributed by atoms with Crippen molar-refractivity contribution >= 4 is 23.7 Å². The summed E-state index contributed by atoms with van der Waals surface area (Å²) in [7, 11) is -6.82. The van der Waals surface area contributed by atoms with Crippen molar-refractivity contribution in [3.63, 3.8) is 0 Å². The molecule has 5 atom stereocenters. The predicted molar refractivity (Wildman–Crippen MR) is 219 cm³/mol. The monoisotopic (exact) mass is 852 g/mol. The van der Waals surface area contributed by atoms with Gasteiger partial charge in [-0.1, -0.05) is 91.0 Å². The molecule has 59 heavy (non-hydrogen) atoms. The molecule has 16 heteroatoms. The van der Waals surface area contributed by atoms with Gasteiger partial charge in [0.2, 0.25) is 10.0 Å². The van der Waals surface area contributed by atoms with Crippen molar-refractivity contribution in [3.8, 4) is 5.75 Å². The van der Waals surface area contributed by atoms with Crippen LogP contribution in [0.2, 0.25) is 0 Å². The highest BCUT2D eigenvalue weighted by Crippen LogP contribution is 2.50. The van der Waals surface area contributed by atoms with E-state index in [-0.39, 0.29) is 43.7 Å². The predicted octanol–water partition coefficient (Wildman–Crippen LogP) is 6.53. The molecule has 4 aromatic rings. The summed E-state index contributed by atoms with van der Waals surface area (Å²) in [5.41, 5.74) is 0.968. The number of aliphatic hydroxyl groups is 1. The number of carbonyl (C=O) groups excluding carboxylic acids is 1. The third-order valence-electron chi connectivity index (χ3n) is 10.2. The molecule has 0 radical (unpaired) electrons. The molecule has 0 bridgehead atoms. The van der Waals surface area contributed by atoms with E-state index in [2.05, 4.69) is 5.32 Å². The summed E-state index contributed by atoms with van der Waals surface area (Å²) in [5.74, 6) is 0.348. The molecule has 2 saturated heterocycles. The van der Waals surface area contributed by atoms with E-state index in [1.807, 2.05) is 91.0 Å². The zero-order valence-corrected chi connectivity index (χ0v) is 35.2. The van der Waals surface area contributed by atoms with Crippen LogP contribution in [0.3, 0.4) is 0 Å². The maximum Gasteiger partial charge on any atom is 0.407 e. The van der Waals surface area contributed by atoms with Crippen molar-refractivity contribution in [2.45, 2.75) is 74.9 Å². The summed E-state index contributed by atoms with van der Waals surface area (Å²) in [6, 6.07) is 32.5. The van der Waals surface area contributed by atoms with E-state index in [9.17, 15) is 22.9 Å². The van der Waals surface area contributed by atoms with Gasteiger partial charge in [-0.3, -0.25) is 4.57 Å². The second kappa shape index (κ2) is 20.4. The number of aliphatic hydroxyl groups excluding tert-OH is 1. The number of nitrogens with one attached hydrogen (secondary N) is 1. The minimum absolute atomic E-state index is 0.00908. The van der Waals surface area contributed by atoms with Crippen LogP contribution in [0.15, 0.2) is 120 Å². The lowest BCUT2D eigenvalue weighted by Gasteiger charge is -2.39. The van der Waals surface area contributed by atoms with Gasteiger partial charge in [0.1, 0.15) is 18.2 Å². The van der Waals surface area contributed by atoms with E-state index < -0.39 is 66.7 Å². The molecule has 2 aliphatic rings. The van der Waals surface area contributed by atoms with Crippen LogP contribution in [-0.2, 0) is 62.2 Å². The smallest absolute Gasteiger partial charge is 0.407 e. The summed E-state index contributed by atoms with van der Waals surface area (Å²) in [6.07, 6.45) is -2.85. The number of amides is 1. The normalized spacial score (nSPS) is 19.2. The van der Waals surface area contributed by atoms with Gasteiger partial charge in [0, 0.05) is 6.54 Å². The van der Waals surface area contributed by atoms with E-state index in [1.165, 1.54) is 31.4 Å². The highest BCUT2D eigenvalue weighted by Gasteiger charge is 2.45. The molecule has 2 N–H and O–H groups in total. The number of carbonyl (C=O) groups is 1. The molecule has 0 aliphatic carbocycles. The molecule has 6 rings (SSSR count). The highest BCUT2D eigenvalue weighted by molar-refractivity contribution is 7.89. The standard InChI is InChI=1S/C43H53N2O12PS/c1-43(2,30-52-31-58(48,55-27-33-15-9-5-10-16-33)56-28-34-17-11-6-12-18-34)45(59(49,50)36-21-19-35(51-3)20-22-36)26-39(46)38(25-32-13-7-4-8-14-32)44-42(47)57-40-29-54-41-37(40)23-24-53-41/h4-22,37-41,46H,23-31H2,1-3H3,(H,44,47)/t37-,38-,39+,40?,41+/m0/s1. The third kappa shape index (κ3) is 12.2. The van der Waals surface area contributed by atoms with Crippen molar-refractivity contribution in [2.24, 2.45) is 5.92 Å². The van der Waals surface area contributed by atoms with Crippen LogP contribution in [0.4, 0.5) is 4.79 Å². The number of nitrogens with zero attached hydrogens (tertiary/aromatic N) is 1. The van der Waals surface area contributed by atoms with E-state index in [0.29, 0.717) is 18.8 Å². The Bertz CT molecular complexity index is 2030. The van der Waals surface area contributed by atoms with Crippen molar-refractivity contribution < 1.29 is 55.6 Å². The molecule has 14 nitrogen and oxygen atoms in total. The van der Waals surface area contributed by atoms with Crippen LogP contribution >= 0.6 is 7.60 Å². The average molecular weight is 853 g/mol. The molecule has 2 heterocycles. The van der Waals surface area contributed by atoms with E-state index >= 15 is 0 Å². The molecule has 0 aromatic heterocycles. The number of hydrogen-bond donors (Lipinski definition) is 2. The zero-order chi connectivity index (χ0) is 41.9. The van der Waals surface area contributed by atoms with Crippen LogP contribution in [0.5, 0.6) is 5.75 Å². The minimum atomic E-state index is -4.37. The topological polar surface area (TPSA) is 168 Å². The van der Waals surface area contributed by atoms with Crippen LogP contribution in [-0.4, -0.2) is 93.8 Å². The minimum Gasteiger partial charge on any atom is -0.497 e. The van der Waals surface area contributed by atoms with Gasteiger partial charge >= 0.3 is 13.7 Å². The summed E-state index contributed by atoms with van der Waals surface area (Å²) in [4.78, 5) is 13.4. The Morgan fingerprint density at radius 2 is 1.46 bits per heavy atom. The molecule has 0 spiro atoms. The van der Waals surface area contributed by atoms with Gasteiger partial charge in [-0.15, -0.1) is 0 Å². The quantitative estimate of drug-likeness (QED) is 0.0872. The number of benzene rings is 4. The number of fused-ring (bicyclic) bond motifs is 1. The van der Waals surface area contributed by atoms with E-state index in [1.54, 1.807) is 13.8 Å². The first-order chi connectivity index (χ1) is 28.3. The maximum atomic E-state index is 14.6. The van der Waals surface area contributed by atoms with Gasteiger partial charge in [0.25, 0.3) is 0 Å². The number of rotatable bonds is 21. The second-order valence-corrected chi connectivity index (χ2v) is 19.0. The van der Waals surface area contributed by atoms with Crippen LogP contribution < -0.4 is 10.1 Å². The largest absolute Gasteiger partial charge is 0.497 e. The number of alkyl carbamates (subject to hydrolysis) is 1. The summed E-state index contributed by atoms with van der Waals surface area (Å²) in [6.45, 7) is 3.18. The lowest BCUT2D eigenvalue weighted by molar-refractivity contribution is -0.0907. The van der Waals surface area contributed by atoms with Gasteiger partial charge in [-0.25, -0.2) is 13.2 Å². The van der Waals surface area contributed by atoms with Crippen LogP contribution in [0.1, 0.15) is 37.0 Å². The second-order valence-electron chi connectivity index (χ2n) is 15.1. The Morgan fingerprint density at radius 3 is 2.03 bits per heavy atom. The molecule has 318 valence electrons. The third-order valence-corrected chi connectivity index (χ3v) is 13.9. The van der Waals surface area contributed by atoms with Gasteiger partial charge in [0.15, 0.2) is 6.29 Å². The van der Waals surface area contributed by atoms with Crippen molar-refractivity contribution in [1.29, 1.82) is 0 Å². The van der Waals surface area contributed by atoms with E-state index in [4.69, 9.17) is 32.7 Å². The van der Waals surface area contributed by atoms with Gasteiger partial charge < -0.3 is 43.2 Å².